The normalized spacial score (nSPS) is 13.6. The van der Waals surface area contributed by atoms with E-state index in [1.54, 1.807) is 19.1 Å². The first-order valence-corrected chi connectivity index (χ1v) is 18.2. The smallest absolute Gasteiger partial charge is 0.265 e. The van der Waals surface area contributed by atoms with Crippen LogP contribution in [0.3, 0.4) is 0 Å². The predicted molar refractivity (Wildman–Crippen MR) is 210 cm³/mol. The number of aromatic nitrogens is 2. The highest BCUT2D eigenvalue weighted by atomic mass is 19.1. The summed E-state index contributed by atoms with van der Waals surface area (Å²) in [5, 5.41) is 6.85. The molecule has 0 bridgehead atoms. The van der Waals surface area contributed by atoms with Gasteiger partial charge in [-0.15, -0.1) is 0 Å². The Morgan fingerprint density at radius 3 is 1.95 bits per heavy atom. The van der Waals surface area contributed by atoms with Gasteiger partial charge < -0.3 is 38.3 Å². The van der Waals surface area contributed by atoms with Gasteiger partial charge in [0.1, 0.15) is 11.5 Å². The number of amides is 2. The van der Waals surface area contributed by atoms with E-state index in [2.05, 4.69) is 14.5 Å². The predicted octanol–water partition coefficient (Wildman–Crippen LogP) is 8.58. The molecule has 0 spiro atoms. The molecule has 1 N–H and O–H groups in total. The van der Waals surface area contributed by atoms with Crippen molar-refractivity contribution >= 4 is 66.8 Å². The van der Waals surface area contributed by atoms with Gasteiger partial charge in [-0.05, 0) is 61.4 Å². The molecule has 282 valence electrons. The average Bonchev–Trinajstić information content (AvgIpc) is 3.72. The highest BCUT2D eigenvalue weighted by Gasteiger charge is 2.30. The van der Waals surface area contributed by atoms with Crippen LogP contribution in [0.5, 0.6) is 23.0 Å². The van der Waals surface area contributed by atoms with Gasteiger partial charge in [-0.1, -0.05) is 36.4 Å². The number of nitrogens with zero attached hydrogens (tertiary/aromatic N) is 3. The summed E-state index contributed by atoms with van der Waals surface area (Å²) in [5.41, 5.74) is 6.33. The zero-order valence-corrected chi connectivity index (χ0v) is 30.6. The van der Waals surface area contributed by atoms with E-state index in [1.807, 2.05) is 91.0 Å². The lowest BCUT2D eigenvalue weighted by Crippen LogP contribution is -2.38. The number of hydrogen-bond donors (Lipinski definition) is 1. The van der Waals surface area contributed by atoms with E-state index in [-0.39, 0.29) is 38.4 Å². The third-order valence-corrected chi connectivity index (χ3v) is 10.2. The second-order valence-electron chi connectivity index (χ2n) is 13.4. The van der Waals surface area contributed by atoms with Gasteiger partial charge in [-0.3, -0.25) is 18.4 Å². The van der Waals surface area contributed by atoms with Crippen molar-refractivity contribution < 1.29 is 37.3 Å². The number of alkyl halides is 2. The summed E-state index contributed by atoms with van der Waals surface area (Å²) >= 11 is 0. The molecule has 0 unspecified atom stereocenters. The summed E-state index contributed by atoms with van der Waals surface area (Å²) in [7, 11) is 3.20. The Morgan fingerprint density at radius 1 is 0.691 bits per heavy atom. The number of halogens is 2. The molecule has 10 nitrogen and oxygen atoms in total. The Morgan fingerprint density at radius 2 is 1.31 bits per heavy atom. The van der Waals surface area contributed by atoms with E-state index < -0.39 is 0 Å². The molecule has 2 amide bonds. The number of hydrogen-bond acceptors (Lipinski definition) is 6. The van der Waals surface area contributed by atoms with Crippen molar-refractivity contribution in [1.82, 2.24) is 9.13 Å². The zero-order valence-electron chi connectivity index (χ0n) is 30.6. The number of carbonyl (C=O) groups excluding carboxylic acids is 2. The molecule has 5 aromatic carbocycles. The summed E-state index contributed by atoms with van der Waals surface area (Å²) < 4.78 is 52.3. The molecule has 7 aromatic rings. The number of anilines is 2. The standard InChI is InChI=1S/C26H25FN2O4.C17H15FN2O2/c1-31-18-9-8-17(23(14-18)32-2)15-29-22-11-10-21-25(26(22)33-16-24(29)30)19-6-3-4-7-20(19)28(21)13-5-12-27;18-8-3-9-20-13-5-2-1-4-11(13)16-14(20)7-6-12-17(16)22-10-15(21)19-12/h3-4,6-11,14H,5,12-13,15-16H2,1-2H3;1-2,4-7H,3,8-10H2,(H,19,21). The lowest BCUT2D eigenvalue weighted by Gasteiger charge is -2.30. The van der Waals surface area contributed by atoms with E-state index in [4.69, 9.17) is 18.9 Å². The summed E-state index contributed by atoms with van der Waals surface area (Å²) in [6.45, 7) is 0.794. The number of ether oxygens (including phenoxy) is 4. The van der Waals surface area contributed by atoms with Gasteiger partial charge in [-0.2, -0.15) is 0 Å². The van der Waals surface area contributed by atoms with Crippen molar-refractivity contribution in [3.05, 3.63) is 96.6 Å². The van der Waals surface area contributed by atoms with Gasteiger partial charge in [0.05, 0.1) is 67.3 Å². The molecule has 12 heteroatoms. The van der Waals surface area contributed by atoms with Gasteiger partial charge in [0.2, 0.25) is 0 Å². The van der Waals surface area contributed by atoms with Crippen LogP contribution >= 0.6 is 0 Å². The number of para-hydroxylation sites is 2. The van der Waals surface area contributed by atoms with Gasteiger partial charge in [-0.25, -0.2) is 0 Å². The van der Waals surface area contributed by atoms with E-state index >= 15 is 0 Å². The van der Waals surface area contributed by atoms with E-state index in [0.717, 1.165) is 49.2 Å². The maximum absolute atomic E-state index is 13.0. The minimum Gasteiger partial charge on any atom is -0.497 e. The first-order chi connectivity index (χ1) is 26.9. The summed E-state index contributed by atoms with van der Waals surface area (Å²) in [6, 6.07) is 29.3. The molecule has 2 aliphatic heterocycles. The first-order valence-electron chi connectivity index (χ1n) is 18.2. The minimum atomic E-state index is -0.374. The summed E-state index contributed by atoms with van der Waals surface area (Å²) in [6.07, 6.45) is 0.913. The number of fused-ring (bicyclic) bond motifs is 10. The molecule has 55 heavy (non-hydrogen) atoms. The van der Waals surface area contributed by atoms with Crippen LogP contribution in [0, 0.1) is 0 Å². The number of methoxy groups -OCH3 is 2. The monoisotopic (exact) mass is 746 g/mol. The van der Waals surface area contributed by atoms with Crippen molar-refractivity contribution in [2.45, 2.75) is 32.5 Å². The molecule has 9 rings (SSSR count). The molecule has 0 fully saturated rings. The summed E-state index contributed by atoms with van der Waals surface area (Å²) in [5.74, 6) is 2.45. The average molecular weight is 747 g/mol. The van der Waals surface area contributed by atoms with E-state index in [1.165, 1.54) is 0 Å². The van der Waals surface area contributed by atoms with Crippen LogP contribution in [-0.2, 0) is 29.2 Å². The van der Waals surface area contributed by atoms with Gasteiger partial charge in [0.15, 0.2) is 24.7 Å². The highest BCUT2D eigenvalue weighted by molar-refractivity contribution is 6.16. The van der Waals surface area contributed by atoms with Gasteiger partial charge >= 0.3 is 0 Å². The van der Waals surface area contributed by atoms with Crippen LogP contribution in [-0.4, -0.2) is 61.7 Å². The van der Waals surface area contributed by atoms with Crippen LogP contribution in [0.4, 0.5) is 20.2 Å². The van der Waals surface area contributed by atoms with Crippen molar-refractivity contribution in [2.24, 2.45) is 0 Å². The van der Waals surface area contributed by atoms with Crippen LogP contribution in [0.2, 0.25) is 0 Å². The molecule has 4 heterocycles. The molecular weight excluding hydrogens is 706 g/mol. The molecule has 0 atom stereocenters. The number of aryl methyl sites for hydroxylation is 2. The van der Waals surface area contributed by atoms with Crippen LogP contribution in [0.1, 0.15) is 18.4 Å². The van der Waals surface area contributed by atoms with Crippen molar-refractivity contribution in [2.75, 3.05) is 51.0 Å². The van der Waals surface area contributed by atoms with Crippen molar-refractivity contribution in [3.8, 4) is 23.0 Å². The molecule has 0 aliphatic carbocycles. The fourth-order valence-corrected chi connectivity index (χ4v) is 7.73. The Labute approximate surface area is 315 Å². The third kappa shape index (κ3) is 6.41. The Balaban J connectivity index is 0.000000168. The lowest BCUT2D eigenvalue weighted by molar-refractivity contribution is -0.121. The third-order valence-electron chi connectivity index (χ3n) is 10.2. The fourth-order valence-electron chi connectivity index (χ4n) is 7.73. The lowest BCUT2D eigenvalue weighted by atomic mass is 10.1. The Kier molecular flexibility index (Phi) is 9.88. The van der Waals surface area contributed by atoms with Crippen molar-refractivity contribution in [1.29, 1.82) is 0 Å². The number of nitrogens with one attached hydrogen (secondary N) is 1. The van der Waals surface area contributed by atoms with E-state index in [0.29, 0.717) is 66.8 Å². The molecule has 2 aliphatic rings. The maximum atomic E-state index is 13.0. The fraction of sp³-hybridized carbons (Fsp3) is 0.256. The van der Waals surface area contributed by atoms with Crippen molar-refractivity contribution in [3.63, 3.8) is 0 Å². The summed E-state index contributed by atoms with van der Waals surface area (Å²) in [4.78, 5) is 26.1. The minimum absolute atomic E-state index is 0.0239. The highest BCUT2D eigenvalue weighted by Crippen LogP contribution is 2.45. The van der Waals surface area contributed by atoms with Crippen LogP contribution in [0.15, 0.2) is 91.0 Å². The molecule has 0 saturated heterocycles. The quantitative estimate of drug-likeness (QED) is 0.151. The Hall–Kier alpha value is -6.30. The van der Waals surface area contributed by atoms with E-state index in [9.17, 15) is 18.4 Å². The first kappa shape index (κ1) is 35.7. The van der Waals surface area contributed by atoms with Crippen LogP contribution in [0.25, 0.3) is 43.6 Å². The number of benzene rings is 5. The molecule has 0 saturated carbocycles. The SMILES string of the molecule is COc1ccc(CN2C(=O)COc3c2ccc2c3c3ccccc3n2CCCF)c(OC)c1.O=C1COc2c(ccc3c2c2ccccc2n3CCCF)N1. The number of carbonyl (C=O) groups is 2. The second kappa shape index (κ2) is 15.2. The second-order valence-corrected chi connectivity index (χ2v) is 13.4. The number of rotatable bonds is 10. The molecule has 0 radical (unpaired) electrons. The van der Waals surface area contributed by atoms with Crippen LogP contribution < -0.4 is 29.2 Å². The maximum Gasteiger partial charge on any atom is 0.265 e. The topological polar surface area (TPSA) is 96.2 Å². The largest absolute Gasteiger partial charge is 0.497 e. The molecular formula is C43H40F2N4O6. The van der Waals surface area contributed by atoms with Gasteiger partial charge in [0.25, 0.3) is 11.8 Å². The van der Waals surface area contributed by atoms with Gasteiger partial charge in [0, 0.05) is 46.5 Å². The molecule has 2 aromatic heterocycles. The Bertz CT molecular complexity index is 2580. The zero-order chi connectivity index (χ0) is 38.1.